The smallest absolute Gasteiger partial charge is 0.308 e. The third-order valence-electron chi connectivity index (χ3n) is 3.14. The highest BCUT2D eigenvalue weighted by Crippen LogP contribution is 2.23. The van der Waals surface area contributed by atoms with Crippen LogP contribution in [0, 0.1) is 19.8 Å². The first kappa shape index (κ1) is 14.5. The Morgan fingerprint density at radius 3 is 2.80 bits per heavy atom. The molecule has 0 bridgehead atoms. The SMILES string of the molecule is Cc1noc(C)c1CN(CC(C)C(=O)O)c1nccs1. The maximum Gasteiger partial charge on any atom is 0.308 e. The summed E-state index contributed by atoms with van der Waals surface area (Å²) < 4.78 is 5.16. The molecule has 0 spiro atoms. The number of hydrogen-bond acceptors (Lipinski definition) is 6. The largest absolute Gasteiger partial charge is 0.481 e. The summed E-state index contributed by atoms with van der Waals surface area (Å²) in [5.74, 6) is -0.531. The molecule has 1 unspecified atom stereocenters. The van der Waals surface area contributed by atoms with E-state index in [0.29, 0.717) is 13.1 Å². The second-order valence-corrected chi connectivity index (χ2v) is 5.61. The van der Waals surface area contributed by atoms with Gasteiger partial charge in [-0.2, -0.15) is 0 Å². The van der Waals surface area contributed by atoms with Crippen molar-refractivity contribution in [2.24, 2.45) is 5.92 Å². The summed E-state index contributed by atoms with van der Waals surface area (Å²) in [7, 11) is 0. The third kappa shape index (κ3) is 3.16. The van der Waals surface area contributed by atoms with Crippen molar-refractivity contribution in [2.75, 3.05) is 11.4 Å². The lowest BCUT2D eigenvalue weighted by Crippen LogP contribution is -2.31. The number of aromatic nitrogens is 2. The zero-order valence-electron chi connectivity index (χ0n) is 11.7. The van der Waals surface area contributed by atoms with Crippen LogP contribution in [0.1, 0.15) is 23.9 Å². The Morgan fingerprint density at radius 2 is 2.30 bits per heavy atom. The second kappa shape index (κ2) is 6.04. The number of carbonyl (C=O) groups is 1. The molecule has 0 saturated carbocycles. The van der Waals surface area contributed by atoms with E-state index >= 15 is 0 Å². The van der Waals surface area contributed by atoms with Gasteiger partial charge in [0.05, 0.1) is 18.2 Å². The molecule has 0 aliphatic carbocycles. The van der Waals surface area contributed by atoms with Crippen molar-refractivity contribution in [1.82, 2.24) is 10.1 Å². The van der Waals surface area contributed by atoms with Crippen LogP contribution in [0.5, 0.6) is 0 Å². The number of rotatable bonds is 6. The fourth-order valence-corrected chi connectivity index (χ4v) is 2.56. The van der Waals surface area contributed by atoms with Crippen LogP contribution in [-0.2, 0) is 11.3 Å². The van der Waals surface area contributed by atoms with Crippen LogP contribution in [0.2, 0.25) is 0 Å². The highest BCUT2D eigenvalue weighted by Gasteiger charge is 2.21. The number of carboxylic acids is 1. The summed E-state index contributed by atoms with van der Waals surface area (Å²) in [5.41, 5.74) is 1.81. The molecule has 20 heavy (non-hydrogen) atoms. The molecular weight excluding hydrogens is 278 g/mol. The lowest BCUT2D eigenvalue weighted by molar-refractivity contribution is -0.140. The maximum absolute atomic E-state index is 11.1. The average molecular weight is 295 g/mol. The topological polar surface area (TPSA) is 79.5 Å². The molecule has 6 nitrogen and oxygen atoms in total. The summed E-state index contributed by atoms with van der Waals surface area (Å²) in [4.78, 5) is 17.3. The van der Waals surface area contributed by atoms with E-state index in [9.17, 15) is 4.79 Å². The minimum atomic E-state index is -0.815. The van der Waals surface area contributed by atoms with Gasteiger partial charge in [0.25, 0.3) is 0 Å². The molecule has 0 aliphatic rings. The zero-order chi connectivity index (χ0) is 14.7. The highest BCUT2D eigenvalue weighted by molar-refractivity contribution is 7.13. The van der Waals surface area contributed by atoms with E-state index in [2.05, 4.69) is 10.1 Å². The Labute approximate surface area is 121 Å². The van der Waals surface area contributed by atoms with Crippen LogP contribution in [0.15, 0.2) is 16.1 Å². The Balaban J connectivity index is 2.21. The number of hydrogen-bond donors (Lipinski definition) is 1. The predicted octanol–water partition coefficient (Wildman–Crippen LogP) is 2.48. The Morgan fingerprint density at radius 1 is 1.55 bits per heavy atom. The molecular formula is C13H17N3O3S. The number of aliphatic carboxylic acids is 1. The summed E-state index contributed by atoms with van der Waals surface area (Å²) in [6.45, 7) is 6.37. The highest BCUT2D eigenvalue weighted by atomic mass is 32.1. The van der Waals surface area contributed by atoms with Gasteiger partial charge in [0.2, 0.25) is 0 Å². The number of aryl methyl sites for hydroxylation is 2. The summed E-state index contributed by atoms with van der Waals surface area (Å²) in [6.07, 6.45) is 1.71. The fraction of sp³-hybridized carbons (Fsp3) is 0.462. The molecule has 0 radical (unpaired) electrons. The fourth-order valence-electron chi connectivity index (χ4n) is 1.91. The number of carboxylic acid groups (broad SMARTS) is 1. The molecule has 2 aromatic heterocycles. The van der Waals surface area contributed by atoms with Crippen molar-refractivity contribution in [3.63, 3.8) is 0 Å². The molecule has 1 N–H and O–H groups in total. The molecule has 7 heteroatoms. The van der Waals surface area contributed by atoms with E-state index in [1.54, 1.807) is 13.1 Å². The minimum absolute atomic E-state index is 0.396. The number of anilines is 1. The van der Waals surface area contributed by atoms with Gasteiger partial charge in [0, 0.05) is 23.7 Å². The second-order valence-electron chi connectivity index (χ2n) is 4.74. The van der Waals surface area contributed by atoms with Gasteiger partial charge in [0.15, 0.2) is 5.13 Å². The standard InChI is InChI=1S/C13H17N3O3S/c1-8(12(17)18)6-16(13-14-4-5-20-13)7-11-9(2)15-19-10(11)3/h4-5,8H,6-7H2,1-3H3,(H,17,18). The molecule has 1 atom stereocenters. The van der Waals surface area contributed by atoms with Crippen molar-refractivity contribution in [1.29, 1.82) is 0 Å². The average Bonchev–Trinajstić information content (AvgIpc) is 3.02. The maximum atomic E-state index is 11.1. The minimum Gasteiger partial charge on any atom is -0.481 e. The van der Waals surface area contributed by atoms with E-state index < -0.39 is 11.9 Å². The summed E-state index contributed by atoms with van der Waals surface area (Å²) >= 11 is 1.49. The monoisotopic (exact) mass is 295 g/mol. The molecule has 2 rings (SSSR count). The van der Waals surface area contributed by atoms with Crippen LogP contribution >= 0.6 is 11.3 Å². The van der Waals surface area contributed by atoms with Crippen LogP contribution in [-0.4, -0.2) is 27.8 Å². The molecule has 2 aromatic rings. The first-order chi connectivity index (χ1) is 9.49. The van der Waals surface area contributed by atoms with Crippen molar-refractivity contribution >= 4 is 22.4 Å². The quantitative estimate of drug-likeness (QED) is 0.882. The van der Waals surface area contributed by atoms with Gasteiger partial charge in [-0.05, 0) is 13.8 Å². The van der Waals surface area contributed by atoms with Crippen LogP contribution in [0.25, 0.3) is 0 Å². The predicted molar refractivity (Wildman–Crippen MR) is 75.9 cm³/mol. The molecule has 0 amide bonds. The Kier molecular flexibility index (Phi) is 4.39. The lowest BCUT2D eigenvalue weighted by atomic mass is 10.1. The normalized spacial score (nSPS) is 12.3. The molecule has 0 aliphatic heterocycles. The molecule has 0 fully saturated rings. The lowest BCUT2D eigenvalue weighted by Gasteiger charge is -2.23. The van der Waals surface area contributed by atoms with Crippen LogP contribution in [0.4, 0.5) is 5.13 Å². The van der Waals surface area contributed by atoms with Crippen LogP contribution < -0.4 is 4.90 Å². The molecule has 2 heterocycles. The first-order valence-electron chi connectivity index (χ1n) is 6.28. The van der Waals surface area contributed by atoms with Crippen LogP contribution in [0.3, 0.4) is 0 Å². The van der Waals surface area contributed by atoms with Crippen molar-refractivity contribution in [3.05, 3.63) is 28.6 Å². The van der Waals surface area contributed by atoms with Gasteiger partial charge < -0.3 is 14.5 Å². The molecule has 0 aromatic carbocycles. The van der Waals surface area contributed by atoms with E-state index in [4.69, 9.17) is 9.63 Å². The summed E-state index contributed by atoms with van der Waals surface area (Å²) in [5, 5.41) is 15.7. The zero-order valence-corrected chi connectivity index (χ0v) is 12.5. The summed E-state index contributed by atoms with van der Waals surface area (Å²) in [6, 6.07) is 0. The number of thiazole rings is 1. The molecule has 0 saturated heterocycles. The number of nitrogens with zero attached hydrogens (tertiary/aromatic N) is 3. The van der Waals surface area contributed by atoms with E-state index in [1.165, 1.54) is 11.3 Å². The Bertz CT molecular complexity index is 560. The van der Waals surface area contributed by atoms with Crippen molar-refractivity contribution in [2.45, 2.75) is 27.3 Å². The van der Waals surface area contributed by atoms with Crippen molar-refractivity contribution < 1.29 is 14.4 Å². The van der Waals surface area contributed by atoms with Gasteiger partial charge >= 0.3 is 5.97 Å². The van der Waals surface area contributed by atoms with Gasteiger partial charge in [-0.15, -0.1) is 11.3 Å². The Hall–Kier alpha value is -1.89. The van der Waals surface area contributed by atoms with Gasteiger partial charge in [-0.1, -0.05) is 12.1 Å². The van der Waals surface area contributed by atoms with Gasteiger partial charge in [-0.3, -0.25) is 4.79 Å². The van der Waals surface area contributed by atoms with Crippen molar-refractivity contribution in [3.8, 4) is 0 Å². The van der Waals surface area contributed by atoms with Gasteiger partial charge in [-0.25, -0.2) is 4.98 Å². The first-order valence-corrected chi connectivity index (χ1v) is 7.16. The van der Waals surface area contributed by atoms with Gasteiger partial charge in [0.1, 0.15) is 5.76 Å². The van der Waals surface area contributed by atoms with E-state index in [0.717, 1.165) is 22.1 Å². The van der Waals surface area contributed by atoms with E-state index in [1.807, 2.05) is 24.1 Å². The third-order valence-corrected chi connectivity index (χ3v) is 3.97. The molecule has 108 valence electrons. The van der Waals surface area contributed by atoms with E-state index in [-0.39, 0.29) is 0 Å².